The van der Waals surface area contributed by atoms with Gasteiger partial charge in [0.1, 0.15) is 5.75 Å². The van der Waals surface area contributed by atoms with E-state index in [0.717, 1.165) is 23.5 Å². The van der Waals surface area contributed by atoms with E-state index in [9.17, 15) is 5.11 Å². The van der Waals surface area contributed by atoms with Gasteiger partial charge in [-0.3, -0.25) is 0 Å². The molecule has 0 saturated carbocycles. The van der Waals surface area contributed by atoms with Crippen molar-refractivity contribution in [2.24, 2.45) is 0 Å². The second kappa shape index (κ2) is 5.89. The van der Waals surface area contributed by atoms with Crippen LogP contribution in [0.1, 0.15) is 12.8 Å². The molecule has 0 aliphatic heterocycles. The quantitative estimate of drug-likeness (QED) is 0.563. The molecule has 2 nitrogen and oxygen atoms in total. The smallest absolute Gasteiger partial charge is 0.129 e. The minimum atomic E-state index is 0.251. The summed E-state index contributed by atoms with van der Waals surface area (Å²) in [6, 6.07) is 7.31. The molecule has 72 valence electrons. The van der Waals surface area contributed by atoms with Gasteiger partial charge in [-0.15, -0.1) is 11.8 Å². The third kappa shape index (κ3) is 3.70. The first-order valence-corrected chi connectivity index (χ1v) is 5.35. The average Bonchev–Trinajstić information content (AvgIpc) is 2.15. The summed E-state index contributed by atoms with van der Waals surface area (Å²) in [5.74, 6) is 1.29. The summed E-state index contributed by atoms with van der Waals surface area (Å²) >= 11 is 1.63. The van der Waals surface area contributed by atoms with Gasteiger partial charge >= 0.3 is 0 Å². The van der Waals surface area contributed by atoms with Crippen molar-refractivity contribution >= 4 is 11.8 Å². The largest absolute Gasteiger partial charge is 0.507 e. The summed E-state index contributed by atoms with van der Waals surface area (Å²) in [6.07, 6.45) is 1.82. The molecule has 13 heavy (non-hydrogen) atoms. The van der Waals surface area contributed by atoms with Crippen LogP contribution >= 0.6 is 11.8 Å². The molecule has 0 aromatic heterocycles. The van der Waals surface area contributed by atoms with Gasteiger partial charge in [0.15, 0.2) is 0 Å². The fourth-order valence-corrected chi connectivity index (χ4v) is 1.93. The van der Waals surface area contributed by atoms with E-state index in [1.165, 1.54) is 0 Å². The Labute approximate surface area is 82.6 Å². The molecule has 0 aliphatic carbocycles. The monoisotopic (exact) mass is 198 g/mol. The number of phenols is 1. The second-order valence-electron chi connectivity index (χ2n) is 2.75. The van der Waals surface area contributed by atoms with Crippen LogP contribution in [-0.2, 0) is 0 Å². The fourth-order valence-electron chi connectivity index (χ4n) is 0.975. The van der Waals surface area contributed by atoms with Crippen LogP contribution in [0.2, 0.25) is 0 Å². The van der Waals surface area contributed by atoms with Crippen LogP contribution < -0.4 is 0 Å². The highest BCUT2D eigenvalue weighted by atomic mass is 32.2. The van der Waals surface area contributed by atoms with Gasteiger partial charge in [0.2, 0.25) is 0 Å². The molecular weight excluding hydrogens is 184 g/mol. The van der Waals surface area contributed by atoms with Crippen LogP contribution in [0, 0.1) is 0 Å². The number of para-hydroxylation sites is 1. The molecule has 1 rings (SSSR count). The van der Waals surface area contributed by atoms with Crippen molar-refractivity contribution in [1.82, 2.24) is 0 Å². The number of unbranched alkanes of at least 4 members (excludes halogenated alkanes) is 1. The van der Waals surface area contributed by atoms with Crippen molar-refractivity contribution < 1.29 is 10.2 Å². The lowest BCUT2D eigenvalue weighted by Gasteiger charge is -2.02. The summed E-state index contributed by atoms with van der Waals surface area (Å²) in [5.41, 5.74) is 0. The summed E-state index contributed by atoms with van der Waals surface area (Å²) < 4.78 is 0. The molecule has 0 bridgehead atoms. The Balaban J connectivity index is 2.32. The van der Waals surface area contributed by atoms with E-state index in [2.05, 4.69) is 0 Å². The van der Waals surface area contributed by atoms with Gasteiger partial charge in [-0.25, -0.2) is 0 Å². The molecule has 0 fully saturated rings. The number of aliphatic hydroxyl groups excluding tert-OH is 1. The molecule has 0 heterocycles. The predicted octanol–water partition coefficient (Wildman–Crippen LogP) is 2.26. The maximum absolute atomic E-state index is 9.40. The molecule has 2 N–H and O–H groups in total. The molecule has 0 amide bonds. The number of rotatable bonds is 5. The lowest BCUT2D eigenvalue weighted by Crippen LogP contribution is -1.85. The van der Waals surface area contributed by atoms with E-state index in [1.54, 1.807) is 17.8 Å². The van der Waals surface area contributed by atoms with E-state index in [-0.39, 0.29) is 6.61 Å². The summed E-state index contributed by atoms with van der Waals surface area (Å²) in [4.78, 5) is 0.917. The first-order chi connectivity index (χ1) is 6.34. The van der Waals surface area contributed by atoms with Gasteiger partial charge in [-0.05, 0) is 30.7 Å². The zero-order valence-corrected chi connectivity index (χ0v) is 8.26. The van der Waals surface area contributed by atoms with E-state index in [1.807, 2.05) is 18.2 Å². The number of aliphatic hydroxyl groups is 1. The molecule has 1 aromatic carbocycles. The number of hydrogen-bond donors (Lipinski definition) is 2. The SMILES string of the molecule is OCCCCSc1ccccc1O. The van der Waals surface area contributed by atoms with Gasteiger partial charge in [0, 0.05) is 11.5 Å². The first-order valence-electron chi connectivity index (χ1n) is 4.36. The summed E-state index contributed by atoms with van der Waals surface area (Å²) in [7, 11) is 0. The van der Waals surface area contributed by atoms with E-state index in [4.69, 9.17) is 5.11 Å². The maximum Gasteiger partial charge on any atom is 0.129 e. The maximum atomic E-state index is 9.40. The number of benzene rings is 1. The van der Waals surface area contributed by atoms with Crippen LogP contribution in [0.4, 0.5) is 0 Å². The van der Waals surface area contributed by atoms with Crippen LogP contribution in [0.15, 0.2) is 29.2 Å². The topological polar surface area (TPSA) is 40.5 Å². The number of aromatic hydroxyl groups is 1. The molecule has 1 aromatic rings. The van der Waals surface area contributed by atoms with Crippen molar-refractivity contribution in [3.63, 3.8) is 0 Å². The van der Waals surface area contributed by atoms with E-state index in [0.29, 0.717) is 5.75 Å². The molecule has 0 aliphatic rings. The fraction of sp³-hybridized carbons (Fsp3) is 0.400. The zero-order valence-electron chi connectivity index (χ0n) is 7.44. The Morgan fingerprint density at radius 3 is 2.62 bits per heavy atom. The first kappa shape index (κ1) is 10.4. The third-order valence-corrected chi connectivity index (χ3v) is 2.82. The normalized spacial score (nSPS) is 10.2. The van der Waals surface area contributed by atoms with Crippen molar-refractivity contribution in [1.29, 1.82) is 0 Å². The van der Waals surface area contributed by atoms with Crippen LogP contribution in [0.5, 0.6) is 5.75 Å². The summed E-state index contributed by atoms with van der Waals surface area (Å²) in [5, 5.41) is 18.0. The molecule has 0 radical (unpaired) electrons. The number of thioether (sulfide) groups is 1. The highest BCUT2D eigenvalue weighted by Gasteiger charge is 1.98. The average molecular weight is 198 g/mol. The van der Waals surface area contributed by atoms with Crippen molar-refractivity contribution in [3.05, 3.63) is 24.3 Å². The summed E-state index contributed by atoms with van der Waals surface area (Å²) in [6.45, 7) is 0.251. The standard InChI is InChI=1S/C10H14O2S/c11-7-3-4-8-13-10-6-2-1-5-9(10)12/h1-2,5-6,11-12H,3-4,7-8H2. The predicted molar refractivity (Wildman–Crippen MR) is 55.2 cm³/mol. The van der Waals surface area contributed by atoms with Crippen molar-refractivity contribution in [3.8, 4) is 5.75 Å². The molecule has 0 atom stereocenters. The lowest BCUT2D eigenvalue weighted by molar-refractivity contribution is 0.287. The minimum Gasteiger partial charge on any atom is -0.507 e. The molecule has 0 unspecified atom stereocenters. The van der Waals surface area contributed by atoms with Gasteiger partial charge < -0.3 is 10.2 Å². The van der Waals surface area contributed by atoms with E-state index >= 15 is 0 Å². The Morgan fingerprint density at radius 1 is 1.15 bits per heavy atom. The van der Waals surface area contributed by atoms with E-state index < -0.39 is 0 Å². The molecular formula is C10H14O2S. The lowest BCUT2D eigenvalue weighted by atomic mass is 10.3. The highest BCUT2D eigenvalue weighted by molar-refractivity contribution is 7.99. The molecule has 0 spiro atoms. The molecule has 0 saturated heterocycles. The van der Waals surface area contributed by atoms with Gasteiger partial charge in [-0.2, -0.15) is 0 Å². The Bertz CT molecular complexity index is 250. The van der Waals surface area contributed by atoms with Gasteiger partial charge in [0.05, 0.1) is 0 Å². The van der Waals surface area contributed by atoms with Gasteiger partial charge in [0.25, 0.3) is 0 Å². The Kier molecular flexibility index (Phi) is 4.72. The Hall–Kier alpha value is -0.670. The van der Waals surface area contributed by atoms with Crippen molar-refractivity contribution in [2.75, 3.05) is 12.4 Å². The molecule has 3 heteroatoms. The Morgan fingerprint density at radius 2 is 1.92 bits per heavy atom. The van der Waals surface area contributed by atoms with Crippen LogP contribution in [0.25, 0.3) is 0 Å². The second-order valence-corrected chi connectivity index (χ2v) is 3.88. The van der Waals surface area contributed by atoms with Crippen molar-refractivity contribution in [2.45, 2.75) is 17.7 Å². The zero-order chi connectivity index (χ0) is 9.52. The number of phenolic OH excluding ortho intramolecular Hbond substituents is 1. The van der Waals surface area contributed by atoms with Crippen LogP contribution in [0.3, 0.4) is 0 Å². The number of hydrogen-bond acceptors (Lipinski definition) is 3. The van der Waals surface area contributed by atoms with Gasteiger partial charge in [-0.1, -0.05) is 12.1 Å². The minimum absolute atomic E-state index is 0.251. The third-order valence-electron chi connectivity index (χ3n) is 1.68. The van der Waals surface area contributed by atoms with Crippen LogP contribution in [-0.4, -0.2) is 22.6 Å². The highest BCUT2D eigenvalue weighted by Crippen LogP contribution is 2.28.